The smallest absolute Gasteiger partial charge is 0.303 e. The van der Waals surface area contributed by atoms with Gasteiger partial charge in [0.1, 0.15) is 5.60 Å². The first kappa shape index (κ1) is 17.4. The number of benzene rings is 1. The molecule has 0 aromatic heterocycles. The Morgan fingerprint density at radius 1 is 1.35 bits per heavy atom. The zero-order valence-corrected chi connectivity index (χ0v) is 13.7. The Morgan fingerprint density at radius 2 is 1.96 bits per heavy atom. The van der Waals surface area contributed by atoms with Crippen molar-refractivity contribution in [1.29, 1.82) is 0 Å². The Kier molecular flexibility index (Phi) is 4.71. The number of nitro benzene ring substituents is 1. The second-order valence-electron chi connectivity index (χ2n) is 5.74. The normalized spacial score (nSPS) is 22.5. The number of esters is 1. The Bertz CT molecular complexity index is 715. The largest absolute Gasteiger partial charge is 0.458 e. The van der Waals surface area contributed by atoms with Crippen LogP contribution in [0.1, 0.15) is 26.7 Å². The minimum atomic E-state index is -3.79. The summed E-state index contributed by atoms with van der Waals surface area (Å²) in [5, 5.41) is 10.6. The molecule has 0 spiro atoms. The van der Waals surface area contributed by atoms with Crippen molar-refractivity contribution in [2.75, 3.05) is 13.1 Å². The summed E-state index contributed by atoms with van der Waals surface area (Å²) in [5.74, 6) is -0.456. The maximum Gasteiger partial charge on any atom is 0.303 e. The summed E-state index contributed by atoms with van der Waals surface area (Å²) in [7, 11) is -3.79. The molecule has 1 aliphatic heterocycles. The summed E-state index contributed by atoms with van der Waals surface area (Å²) in [6, 6.07) is 4.74. The second-order valence-corrected chi connectivity index (χ2v) is 7.67. The maximum absolute atomic E-state index is 12.7. The summed E-state index contributed by atoms with van der Waals surface area (Å²) < 4.78 is 31.8. The molecular formula is C14H18N2O6S. The Morgan fingerprint density at radius 3 is 2.48 bits per heavy atom. The first-order valence-electron chi connectivity index (χ1n) is 7.08. The molecule has 0 N–H and O–H groups in total. The quantitative estimate of drug-likeness (QED) is 0.468. The van der Waals surface area contributed by atoms with Crippen LogP contribution in [0.5, 0.6) is 0 Å². The van der Waals surface area contributed by atoms with E-state index in [1.54, 1.807) is 6.92 Å². The van der Waals surface area contributed by atoms with Crippen molar-refractivity contribution in [2.45, 2.75) is 37.2 Å². The molecule has 0 radical (unpaired) electrons. The fraction of sp³-hybridized carbons (Fsp3) is 0.500. The molecule has 1 saturated heterocycles. The lowest BCUT2D eigenvalue weighted by Crippen LogP contribution is -2.50. The van der Waals surface area contributed by atoms with Crippen molar-refractivity contribution >= 4 is 21.7 Å². The van der Waals surface area contributed by atoms with E-state index in [-0.39, 0.29) is 17.1 Å². The van der Waals surface area contributed by atoms with E-state index in [1.165, 1.54) is 23.4 Å². The number of carbonyl (C=O) groups is 1. The third-order valence-corrected chi connectivity index (χ3v) is 5.56. The molecule has 1 atom stereocenters. The fourth-order valence-electron chi connectivity index (χ4n) is 2.68. The van der Waals surface area contributed by atoms with E-state index >= 15 is 0 Å². The highest BCUT2D eigenvalue weighted by atomic mass is 32.2. The lowest BCUT2D eigenvalue weighted by atomic mass is 9.96. The second kappa shape index (κ2) is 6.25. The molecule has 0 bridgehead atoms. The lowest BCUT2D eigenvalue weighted by Gasteiger charge is -2.38. The van der Waals surface area contributed by atoms with Gasteiger partial charge in [-0.25, -0.2) is 8.42 Å². The number of rotatable bonds is 4. The highest BCUT2D eigenvalue weighted by Gasteiger charge is 2.39. The molecule has 8 nitrogen and oxygen atoms in total. The monoisotopic (exact) mass is 342 g/mol. The molecule has 9 heteroatoms. The van der Waals surface area contributed by atoms with E-state index in [0.717, 1.165) is 12.1 Å². The number of nitro groups is 1. The van der Waals surface area contributed by atoms with E-state index < -0.39 is 26.5 Å². The van der Waals surface area contributed by atoms with E-state index in [9.17, 15) is 23.3 Å². The zero-order chi connectivity index (χ0) is 17.3. The third kappa shape index (κ3) is 3.85. The predicted molar refractivity (Wildman–Crippen MR) is 81.3 cm³/mol. The molecule has 1 aromatic rings. The number of nitrogens with zero attached hydrogens (tertiary/aromatic N) is 2. The van der Waals surface area contributed by atoms with Gasteiger partial charge in [0.25, 0.3) is 5.69 Å². The van der Waals surface area contributed by atoms with Gasteiger partial charge in [-0.15, -0.1) is 0 Å². The molecule has 0 saturated carbocycles. The van der Waals surface area contributed by atoms with Gasteiger partial charge in [-0.3, -0.25) is 14.9 Å². The van der Waals surface area contributed by atoms with Crippen molar-refractivity contribution in [3.63, 3.8) is 0 Å². The Labute approximate surface area is 134 Å². The van der Waals surface area contributed by atoms with Crippen LogP contribution in [0.3, 0.4) is 0 Å². The molecule has 1 aromatic carbocycles. The van der Waals surface area contributed by atoms with Gasteiger partial charge in [-0.05, 0) is 31.9 Å². The van der Waals surface area contributed by atoms with Crippen molar-refractivity contribution in [3.05, 3.63) is 34.4 Å². The molecule has 1 fully saturated rings. The van der Waals surface area contributed by atoms with Crippen LogP contribution in [0.15, 0.2) is 29.2 Å². The van der Waals surface area contributed by atoms with Gasteiger partial charge in [0.05, 0.1) is 16.4 Å². The van der Waals surface area contributed by atoms with E-state index in [1.807, 2.05) is 0 Å². The first-order valence-corrected chi connectivity index (χ1v) is 8.52. The summed E-state index contributed by atoms with van der Waals surface area (Å²) in [6.07, 6.45) is 1.15. The molecule has 0 aliphatic carbocycles. The topological polar surface area (TPSA) is 107 Å². The molecule has 1 unspecified atom stereocenters. The van der Waals surface area contributed by atoms with Crippen LogP contribution in [0, 0.1) is 10.1 Å². The van der Waals surface area contributed by atoms with Crippen LogP contribution in [-0.4, -0.2) is 42.3 Å². The molecule has 23 heavy (non-hydrogen) atoms. The van der Waals surface area contributed by atoms with Gasteiger partial charge in [-0.2, -0.15) is 4.31 Å². The van der Waals surface area contributed by atoms with Gasteiger partial charge in [0.15, 0.2) is 0 Å². The van der Waals surface area contributed by atoms with E-state index in [0.29, 0.717) is 19.4 Å². The average molecular weight is 342 g/mol. The van der Waals surface area contributed by atoms with Gasteiger partial charge >= 0.3 is 5.97 Å². The third-order valence-electron chi connectivity index (χ3n) is 3.70. The van der Waals surface area contributed by atoms with Crippen molar-refractivity contribution < 1.29 is 22.9 Å². The number of sulfonamides is 1. The van der Waals surface area contributed by atoms with Crippen LogP contribution in [-0.2, 0) is 19.6 Å². The van der Waals surface area contributed by atoms with Crippen LogP contribution >= 0.6 is 0 Å². The first-order chi connectivity index (χ1) is 10.6. The van der Waals surface area contributed by atoms with Crippen LogP contribution in [0.25, 0.3) is 0 Å². The van der Waals surface area contributed by atoms with E-state index in [4.69, 9.17) is 4.74 Å². The van der Waals surface area contributed by atoms with Gasteiger partial charge < -0.3 is 4.74 Å². The summed E-state index contributed by atoms with van der Waals surface area (Å²) in [6.45, 7) is 3.36. The molecule has 0 amide bonds. The van der Waals surface area contributed by atoms with Crippen LogP contribution in [0.4, 0.5) is 5.69 Å². The minimum absolute atomic E-state index is 0.0184. The van der Waals surface area contributed by atoms with Crippen molar-refractivity contribution in [1.82, 2.24) is 4.31 Å². The van der Waals surface area contributed by atoms with Gasteiger partial charge in [-0.1, -0.05) is 0 Å². The highest BCUT2D eigenvalue weighted by molar-refractivity contribution is 7.89. The van der Waals surface area contributed by atoms with Crippen LogP contribution in [0.2, 0.25) is 0 Å². The zero-order valence-electron chi connectivity index (χ0n) is 12.9. The summed E-state index contributed by atoms with van der Waals surface area (Å²) >= 11 is 0. The molecule has 1 heterocycles. The van der Waals surface area contributed by atoms with Gasteiger partial charge in [0, 0.05) is 25.6 Å². The summed E-state index contributed by atoms with van der Waals surface area (Å²) in [4.78, 5) is 21.2. The molecule has 1 aliphatic rings. The molecule has 126 valence electrons. The minimum Gasteiger partial charge on any atom is -0.458 e. The number of carbonyl (C=O) groups excluding carboxylic acids is 1. The standard InChI is InChI=1S/C14H18N2O6S/c1-11(17)22-14(2)8-3-9-15(10-14)23(20,21)13-6-4-12(5-7-13)16(18)19/h4-7H,3,8-10H2,1-2H3. The van der Waals surface area contributed by atoms with Crippen LogP contribution < -0.4 is 0 Å². The fourth-order valence-corrected chi connectivity index (χ4v) is 4.28. The summed E-state index contributed by atoms with van der Waals surface area (Å²) in [5.41, 5.74) is -1.04. The van der Waals surface area contributed by atoms with Crippen molar-refractivity contribution in [2.24, 2.45) is 0 Å². The number of non-ortho nitro benzene ring substituents is 1. The van der Waals surface area contributed by atoms with Gasteiger partial charge in [0.2, 0.25) is 10.0 Å². The lowest BCUT2D eigenvalue weighted by molar-refractivity contribution is -0.384. The van der Waals surface area contributed by atoms with Crippen molar-refractivity contribution in [3.8, 4) is 0 Å². The number of ether oxygens (including phenoxy) is 1. The molecular weight excluding hydrogens is 324 g/mol. The number of hydrogen-bond acceptors (Lipinski definition) is 6. The maximum atomic E-state index is 12.7. The SMILES string of the molecule is CC(=O)OC1(C)CCCN(S(=O)(=O)c2ccc([N+](=O)[O-])cc2)C1. The molecule has 2 rings (SSSR count). The van der Waals surface area contributed by atoms with E-state index in [2.05, 4.69) is 0 Å². The number of hydrogen-bond donors (Lipinski definition) is 0. The predicted octanol–water partition coefficient (Wildman–Crippen LogP) is 1.70. The highest BCUT2D eigenvalue weighted by Crippen LogP contribution is 2.29. The number of piperidine rings is 1. The average Bonchev–Trinajstić information content (AvgIpc) is 2.46. The Balaban J connectivity index is 2.24. The Hall–Kier alpha value is -2.00.